The normalized spacial score (nSPS) is 15.8. The number of ether oxygens (including phenoxy) is 1. The molecule has 1 amide bonds. The zero-order chi connectivity index (χ0) is 20.5. The van der Waals surface area contributed by atoms with Gasteiger partial charge in [0.25, 0.3) is 5.91 Å². The van der Waals surface area contributed by atoms with Crippen LogP contribution < -0.4 is 19.9 Å². The first-order chi connectivity index (χ1) is 14.7. The van der Waals surface area contributed by atoms with Gasteiger partial charge in [-0.2, -0.15) is 0 Å². The molecule has 0 radical (unpaired) electrons. The Morgan fingerprint density at radius 3 is 2.50 bits per heavy atom. The minimum Gasteiger partial charge on any atom is -0.452 e. The number of carbonyl (C=O) groups is 1. The van der Waals surface area contributed by atoms with E-state index >= 15 is 0 Å². The minimum absolute atomic E-state index is 0.175. The third kappa shape index (κ3) is 3.29. The van der Waals surface area contributed by atoms with Crippen LogP contribution in [0.4, 0.5) is 15.8 Å². The summed E-state index contributed by atoms with van der Waals surface area (Å²) in [5.74, 6) is 0.0930. The van der Waals surface area contributed by atoms with Gasteiger partial charge in [0.15, 0.2) is 17.3 Å². The zero-order valence-corrected chi connectivity index (χ0v) is 16.5. The Hall–Kier alpha value is -3.38. The molecule has 0 aliphatic carbocycles. The lowest BCUT2D eigenvalue weighted by atomic mass is 10.1. The highest BCUT2D eigenvalue weighted by Crippen LogP contribution is 2.45. The second-order valence-electron chi connectivity index (χ2n) is 7.46. The predicted octanol–water partition coefficient (Wildman–Crippen LogP) is 4.19. The molecule has 5 rings (SSSR count). The summed E-state index contributed by atoms with van der Waals surface area (Å²) < 4.78 is 21.2. The van der Waals surface area contributed by atoms with E-state index in [0.717, 1.165) is 37.4 Å². The maximum absolute atomic E-state index is 15.0. The molecule has 30 heavy (non-hydrogen) atoms. The number of halogens is 1. The topological polar surface area (TPSA) is 44.8 Å². The van der Waals surface area contributed by atoms with E-state index in [2.05, 4.69) is 10.2 Å². The van der Waals surface area contributed by atoms with E-state index in [4.69, 9.17) is 4.74 Å². The van der Waals surface area contributed by atoms with Crippen LogP contribution in [0.5, 0.6) is 11.5 Å². The van der Waals surface area contributed by atoms with E-state index in [1.165, 1.54) is 11.0 Å². The molecule has 0 aromatic heterocycles. The SMILES string of the molecule is O=C1c2cccc(N3CCNCC3)c2Oc2cccc(F)c2N1Cc1ccccc1. The van der Waals surface area contributed by atoms with E-state index in [-0.39, 0.29) is 18.1 Å². The molecular weight excluding hydrogens is 381 g/mol. The molecule has 0 unspecified atom stereocenters. The van der Waals surface area contributed by atoms with E-state index in [9.17, 15) is 9.18 Å². The third-order valence-corrected chi connectivity index (χ3v) is 5.54. The summed E-state index contributed by atoms with van der Waals surface area (Å²) in [6.07, 6.45) is 0. The first kappa shape index (κ1) is 18.6. The molecule has 152 valence electrons. The fourth-order valence-corrected chi connectivity index (χ4v) is 4.07. The van der Waals surface area contributed by atoms with Crippen molar-refractivity contribution in [3.63, 3.8) is 0 Å². The molecule has 1 saturated heterocycles. The van der Waals surface area contributed by atoms with Crippen molar-refractivity contribution in [1.29, 1.82) is 0 Å². The monoisotopic (exact) mass is 403 g/mol. The fourth-order valence-electron chi connectivity index (χ4n) is 4.07. The number of para-hydroxylation sites is 2. The summed E-state index contributed by atoms with van der Waals surface area (Å²) in [5.41, 5.74) is 2.40. The van der Waals surface area contributed by atoms with Crippen molar-refractivity contribution in [2.24, 2.45) is 0 Å². The average molecular weight is 403 g/mol. The number of piperazine rings is 1. The lowest BCUT2D eigenvalue weighted by Crippen LogP contribution is -2.43. The van der Waals surface area contributed by atoms with Crippen molar-refractivity contribution in [2.75, 3.05) is 36.0 Å². The molecule has 2 heterocycles. The minimum atomic E-state index is -0.478. The second-order valence-corrected chi connectivity index (χ2v) is 7.46. The number of amides is 1. The number of carbonyl (C=O) groups excluding carboxylic acids is 1. The van der Waals surface area contributed by atoms with Crippen molar-refractivity contribution in [3.05, 3.63) is 83.7 Å². The Labute approximate surface area is 174 Å². The maximum Gasteiger partial charge on any atom is 0.262 e. The van der Waals surface area contributed by atoms with Gasteiger partial charge in [0.05, 0.1) is 17.8 Å². The van der Waals surface area contributed by atoms with Crippen molar-refractivity contribution in [2.45, 2.75) is 6.54 Å². The fraction of sp³-hybridized carbons (Fsp3) is 0.208. The zero-order valence-electron chi connectivity index (χ0n) is 16.5. The van der Waals surface area contributed by atoms with Gasteiger partial charge in [-0.15, -0.1) is 0 Å². The summed E-state index contributed by atoms with van der Waals surface area (Å²) in [5, 5.41) is 3.34. The highest BCUT2D eigenvalue weighted by molar-refractivity contribution is 6.10. The molecule has 1 fully saturated rings. The van der Waals surface area contributed by atoms with Gasteiger partial charge in [-0.3, -0.25) is 9.69 Å². The molecule has 1 N–H and O–H groups in total. The maximum atomic E-state index is 15.0. The second kappa shape index (κ2) is 7.80. The van der Waals surface area contributed by atoms with Crippen molar-refractivity contribution < 1.29 is 13.9 Å². The van der Waals surface area contributed by atoms with Gasteiger partial charge in [0.2, 0.25) is 0 Å². The summed E-state index contributed by atoms with van der Waals surface area (Å²) >= 11 is 0. The summed E-state index contributed by atoms with van der Waals surface area (Å²) in [6.45, 7) is 3.62. The quantitative estimate of drug-likeness (QED) is 0.712. The van der Waals surface area contributed by atoms with Crippen LogP contribution in [0.3, 0.4) is 0 Å². The standard InChI is InChI=1S/C24H22FN3O2/c25-19-9-5-11-21-22(19)28(16-17-6-2-1-3-7-17)24(29)18-8-4-10-20(23(18)30-21)27-14-12-26-13-15-27/h1-11,26H,12-16H2. The molecule has 2 aliphatic heterocycles. The molecule has 0 saturated carbocycles. The van der Waals surface area contributed by atoms with Gasteiger partial charge >= 0.3 is 0 Å². The number of nitrogens with zero attached hydrogens (tertiary/aromatic N) is 2. The Morgan fingerprint density at radius 1 is 0.933 bits per heavy atom. The number of hydrogen-bond donors (Lipinski definition) is 1. The molecule has 6 heteroatoms. The molecule has 3 aromatic carbocycles. The van der Waals surface area contributed by atoms with Gasteiger partial charge in [-0.1, -0.05) is 42.5 Å². The largest absolute Gasteiger partial charge is 0.452 e. The van der Waals surface area contributed by atoms with Crippen LogP contribution in [0, 0.1) is 5.82 Å². The van der Waals surface area contributed by atoms with Crippen LogP contribution in [-0.2, 0) is 6.54 Å². The molecular formula is C24H22FN3O2. The van der Waals surface area contributed by atoms with Crippen LogP contribution in [0.25, 0.3) is 0 Å². The summed E-state index contributed by atoms with van der Waals surface area (Å²) in [4.78, 5) is 17.3. The highest BCUT2D eigenvalue weighted by atomic mass is 19.1. The van der Waals surface area contributed by atoms with Crippen molar-refractivity contribution >= 4 is 17.3 Å². The first-order valence-electron chi connectivity index (χ1n) is 10.1. The van der Waals surface area contributed by atoms with E-state index in [0.29, 0.717) is 17.1 Å². The average Bonchev–Trinajstić information content (AvgIpc) is 2.90. The van der Waals surface area contributed by atoms with Gasteiger partial charge in [0.1, 0.15) is 5.69 Å². The van der Waals surface area contributed by atoms with Crippen LogP contribution in [0.1, 0.15) is 15.9 Å². The van der Waals surface area contributed by atoms with E-state index in [1.54, 1.807) is 18.2 Å². The van der Waals surface area contributed by atoms with Crippen molar-refractivity contribution in [3.8, 4) is 11.5 Å². The highest BCUT2D eigenvalue weighted by Gasteiger charge is 2.33. The van der Waals surface area contributed by atoms with Crippen LogP contribution in [0.2, 0.25) is 0 Å². The predicted molar refractivity (Wildman–Crippen MR) is 115 cm³/mol. The molecule has 5 nitrogen and oxygen atoms in total. The number of benzene rings is 3. The van der Waals surface area contributed by atoms with E-state index < -0.39 is 5.82 Å². The Balaban J connectivity index is 1.65. The lowest BCUT2D eigenvalue weighted by molar-refractivity contribution is 0.0984. The molecule has 0 spiro atoms. The number of fused-ring (bicyclic) bond motifs is 2. The van der Waals surface area contributed by atoms with Crippen molar-refractivity contribution in [1.82, 2.24) is 5.32 Å². The molecule has 0 bridgehead atoms. The number of nitrogens with one attached hydrogen (secondary N) is 1. The number of anilines is 2. The van der Waals surface area contributed by atoms with E-state index in [1.807, 2.05) is 42.5 Å². The van der Waals surface area contributed by atoms with Crippen LogP contribution in [-0.4, -0.2) is 32.1 Å². The smallest absolute Gasteiger partial charge is 0.262 e. The first-order valence-corrected chi connectivity index (χ1v) is 10.1. The van der Waals surface area contributed by atoms with Gasteiger partial charge in [-0.05, 0) is 29.8 Å². The lowest BCUT2D eigenvalue weighted by Gasteiger charge is -2.31. The van der Waals surface area contributed by atoms with Crippen LogP contribution >= 0.6 is 0 Å². The molecule has 2 aliphatic rings. The molecule has 3 aromatic rings. The van der Waals surface area contributed by atoms with Gasteiger partial charge in [-0.25, -0.2) is 4.39 Å². The number of hydrogen-bond acceptors (Lipinski definition) is 4. The number of rotatable bonds is 3. The summed E-state index contributed by atoms with van der Waals surface area (Å²) in [6, 6.07) is 19.9. The molecule has 0 atom stereocenters. The van der Waals surface area contributed by atoms with Crippen LogP contribution in [0.15, 0.2) is 66.7 Å². The Morgan fingerprint density at radius 2 is 1.70 bits per heavy atom. The Bertz CT molecular complexity index is 1080. The summed E-state index contributed by atoms with van der Waals surface area (Å²) in [7, 11) is 0. The Kier molecular flexibility index (Phi) is 4.85. The van der Waals surface area contributed by atoms with Gasteiger partial charge < -0.3 is 15.0 Å². The van der Waals surface area contributed by atoms with Gasteiger partial charge in [0, 0.05) is 26.2 Å². The third-order valence-electron chi connectivity index (χ3n) is 5.54.